The maximum absolute atomic E-state index is 6.36. The molecule has 10 aromatic carbocycles. The zero-order valence-electron chi connectivity index (χ0n) is 37.4. The number of aromatic nitrogens is 1. The van der Waals surface area contributed by atoms with Crippen LogP contribution in [0.3, 0.4) is 0 Å². The highest BCUT2D eigenvalue weighted by atomic mass is 35.5. The van der Waals surface area contributed by atoms with Crippen LogP contribution in [-0.4, -0.2) is 4.98 Å². The minimum absolute atomic E-state index is 0. The van der Waals surface area contributed by atoms with Crippen LogP contribution in [0.5, 0.6) is 46.0 Å². The molecule has 4 N–H and O–H groups in total. The molecule has 0 aliphatic rings. The van der Waals surface area contributed by atoms with Gasteiger partial charge in [0.2, 0.25) is 0 Å². The molecule has 0 saturated heterocycles. The largest absolute Gasteiger partial charge is 0.457 e. The second-order valence-electron chi connectivity index (χ2n) is 15.9. The van der Waals surface area contributed by atoms with E-state index in [1.807, 2.05) is 170 Å². The van der Waals surface area contributed by atoms with Crippen LogP contribution in [0.25, 0.3) is 21.8 Å². The van der Waals surface area contributed by atoms with Gasteiger partial charge < -0.3 is 39.9 Å². The first-order valence-corrected chi connectivity index (χ1v) is 22.1. The Morgan fingerprint density at radius 1 is 0.246 bits per heavy atom. The molecule has 0 bridgehead atoms. The van der Waals surface area contributed by atoms with Gasteiger partial charge in [-0.2, -0.15) is 0 Å². The average Bonchev–Trinajstić information content (AvgIpc) is 3.73. The van der Waals surface area contributed by atoms with Gasteiger partial charge in [0.25, 0.3) is 0 Å². The number of benzene rings is 10. The fraction of sp³-hybridized carbons (Fsp3) is 0. The average molecular weight is 924 g/mol. The van der Waals surface area contributed by atoms with Gasteiger partial charge in [0.1, 0.15) is 46.0 Å². The number of rotatable bonds is 14. The SMILES string of the molecule is Cl.N.c1ccc(Oc2cccc(N(c3cccc(Oc4ccccc4)c3)c3ccc4[nH]c5ccc(N(c6cccc(Oc7ccccc7)c6)c6cccc(Oc7ccccc7)c6)cc5c4c3)c2)cc1. The Hall–Kier alpha value is -8.95. The van der Waals surface area contributed by atoms with Crippen molar-refractivity contribution in [2.45, 2.75) is 0 Å². The van der Waals surface area contributed by atoms with Gasteiger partial charge in [-0.1, -0.05) is 97.1 Å². The van der Waals surface area contributed by atoms with Gasteiger partial charge in [-0.3, -0.25) is 0 Å². The molecule has 0 aliphatic carbocycles. The highest BCUT2D eigenvalue weighted by Gasteiger charge is 2.20. The van der Waals surface area contributed by atoms with Crippen LogP contribution in [0.4, 0.5) is 34.1 Å². The molecule has 0 radical (unpaired) electrons. The number of fused-ring (bicyclic) bond motifs is 3. The summed E-state index contributed by atoms with van der Waals surface area (Å²) in [5.41, 5.74) is 7.64. The Morgan fingerprint density at radius 2 is 0.493 bits per heavy atom. The minimum Gasteiger partial charge on any atom is -0.457 e. The van der Waals surface area contributed by atoms with Gasteiger partial charge >= 0.3 is 0 Å². The summed E-state index contributed by atoms with van der Waals surface area (Å²) in [5, 5.41) is 2.13. The fourth-order valence-corrected chi connectivity index (χ4v) is 8.29. The molecule has 69 heavy (non-hydrogen) atoms. The number of nitrogens with one attached hydrogen (secondary N) is 1. The molecule has 0 saturated carbocycles. The van der Waals surface area contributed by atoms with Gasteiger partial charge in [-0.15, -0.1) is 12.4 Å². The highest BCUT2D eigenvalue weighted by Crippen LogP contribution is 2.44. The number of aromatic amines is 1. The number of nitrogens with zero attached hydrogens (tertiary/aromatic N) is 2. The normalized spacial score (nSPS) is 10.7. The Balaban J connectivity index is 0.00000296. The molecule has 0 atom stereocenters. The number of halogens is 1. The zero-order valence-corrected chi connectivity index (χ0v) is 38.2. The van der Waals surface area contributed by atoms with Crippen molar-refractivity contribution < 1.29 is 18.9 Å². The molecule has 1 heterocycles. The fourth-order valence-electron chi connectivity index (χ4n) is 8.29. The number of hydrogen-bond acceptors (Lipinski definition) is 7. The lowest BCUT2D eigenvalue weighted by Crippen LogP contribution is -2.10. The third-order valence-electron chi connectivity index (χ3n) is 11.3. The lowest BCUT2D eigenvalue weighted by atomic mass is 10.1. The van der Waals surface area contributed by atoms with Crippen LogP contribution in [-0.2, 0) is 0 Å². The van der Waals surface area contributed by atoms with Gasteiger partial charge in [0.15, 0.2) is 0 Å². The highest BCUT2D eigenvalue weighted by molar-refractivity contribution is 6.10. The molecule has 0 amide bonds. The predicted molar refractivity (Wildman–Crippen MR) is 284 cm³/mol. The van der Waals surface area contributed by atoms with E-state index in [9.17, 15) is 0 Å². The van der Waals surface area contributed by atoms with Crippen LogP contribution in [0.1, 0.15) is 0 Å². The molecular formula is C60H47ClN4O4. The van der Waals surface area contributed by atoms with Gasteiger partial charge in [-0.25, -0.2) is 0 Å². The molecule has 338 valence electrons. The molecule has 8 nitrogen and oxygen atoms in total. The maximum atomic E-state index is 6.36. The molecule has 11 rings (SSSR count). The summed E-state index contributed by atoms with van der Waals surface area (Å²) >= 11 is 0. The zero-order chi connectivity index (χ0) is 44.8. The first-order valence-electron chi connectivity index (χ1n) is 22.1. The monoisotopic (exact) mass is 922 g/mol. The second-order valence-corrected chi connectivity index (χ2v) is 15.9. The van der Waals surface area contributed by atoms with E-state index in [0.717, 1.165) is 102 Å². The topological polar surface area (TPSA) is 94.2 Å². The van der Waals surface area contributed by atoms with E-state index in [2.05, 4.69) is 99.7 Å². The van der Waals surface area contributed by atoms with E-state index >= 15 is 0 Å². The van der Waals surface area contributed by atoms with Crippen molar-refractivity contribution in [1.29, 1.82) is 0 Å². The van der Waals surface area contributed by atoms with Crippen molar-refractivity contribution in [3.8, 4) is 46.0 Å². The van der Waals surface area contributed by atoms with Crippen LogP contribution in [0.15, 0.2) is 255 Å². The first-order chi connectivity index (χ1) is 33.1. The standard InChI is InChI=1S/C60H43N3O4.ClH.H3N/c1-5-21-49(22-6-1)64-53-29-13-17-43(37-53)62(44-18-14-30-54(38-44)65-50-23-7-2-8-24-50)47-33-35-59-57(41-47)58-42-48(34-36-60(58)61-59)63(45-19-15-31-55(39-45)66-51-25-9-3-10-26-51)46-20-16-32-56(40-46)67-52-27-11-4-12-28-52;;/h1-42,61H;1H;1H3. The van der Waals surface area contributed by atoms with Gasteiger partial charge in [-0.05, 0) is 133 Å². The van der Waals surface area contributed by atoms with Crippen molar-refractivity contribution in [2.75, 3.05) is 9.80 Å². The van der Waals surface area contributed by atoms with E-state index in [1.54, 1.807) is 0 Å². The van der Waals surface area contributed by atoms with Gasteiger partial charge in [0.05, 0.1) is 0 Å². The summed E-state index contributed by atoms with van der Waals surface area (Å²) in [4.78, 5) is 8.17. The van der Waals surface area contributed by atoms with Crippen molar-refractivity contribution in [1.82, 2.24) is 11.1 Å². The quantitative estimate of drug-likeness (QED) is 0.112. The van der Waals surface area contributed by atoms with Crippen LogP contribution >= 0.6 is 12.4 Å². The molecule has 1 aromatic heterocycles. The molecule has 0 aliphatic heterocycles. The van der Waals surface area contributed by atoms with E-state index in [-0.39, 0.29) is 18.6 Å². The summed E-state index contributed by atoms with van der Waals surface area (Å²) < 4.78 is 25.5. The number of H-pyrrole nitrogens is 1. The lowest BCUT2D eigenvalue weighted by molar-refractivity contribution is 0.482. The molecule has 0 spiro atoms. The molecule has 0 unspecified atom stereocenters. The van der Waals surface area contributed by atoms with Crippen molar-refractivity contribution in [3.63, 3.8) is 0 Å². The predicted octanol–water partition coefficient (Wildman–Crippen LogP) is 18.0. The number of ether oxygens (including phenoxy) is 4. The maximum Gasteiger partial charge on any atom is 0.129 e. The summed E-state index contributed by atoms with van der Waals surface area (Å²) in [5.74, 6) is 5.95. The third-order valence-corrected chi connectivity index (χ3v) is 11.3. The van der Waals surface area contributed by atoms with Crippen molar-refractivity contribution in [2.24, 2.45) is 0 Å². The van der Waals surface area contributed by atoms with Gasteiger partial charge in [0, 0.05) is 80.2 Å². The number of hydrogen-bond donors (Lipinski definition) is 2. The second kappa shape index (κ2) is 20.7. The Bertz CT molecular complexity index is 3050. The minimum atomic E-state index is 0. The number of anilines is 6. The summed E-state index contributed by atoms with van der Waals surface area (Å²) in [6.45, 7) is 0. The smallest absolute Gasteiger partial charge is 0.129 e. The molecular weight excluding hydrogens is 876 g/mol. The Morgan fingerprint density at radius 3 is 0.768 bits per heavy atom. The Kier molecular flexibility index (Phi) is 13.6. The molecule has 0 fully saturated rings. The van der Waals surface area contributed by atoms with Crippen LogP contribution < -0.4 is 34.9 Å². The van der Waals surface area contributed by atoms with E-state index in [1.165, 1.54) is 0 Å². The number of para-hydroxylation sites is 4. The first kappa shape index (κ1) is 45.2. The van der Waals surface area contributed by atoms with Crippen LogP contribution in [0.2, 0.25) is 0 Å². The van der Waals surface area contributed by atoms with Crippen molar-refractivity contribution >= 4 is 68.3 Å². The summed E-state index contributed by atoms with van der Waals surface area (Å²) in [6, 6.07) is 85.2. The van der Waals surface area contributed by atoms with E-state index in [4.69, 9.17) is 18.9 Å². The Labute approximate surface area is 407 Å². The summed E-state index contributed by atoms with van der Waals surface area (Å²) in [7, 11) is 0. The van der Waals surface area contributed by atoms with E-state index in [0.29, 0.717) is 0 Å². The van der Waals surface area contributed by atoms with Crippen LogP contribution in [0, 0.1) is 0 Å². The molecule has 9 heteroatoms. The third kappa shape index (κ3) is 10.2. The van der Waals surface area contributed by atoms with Crippen molar-refractivity contribution in [3.05, 3.63) is 255 Å². The summed E-state index contributed by atoms with van der Waals surface area (Å²) in [6.07, 6.45) is 0. The lowest BCUT2D eigenvalue weighted by Gasteiger charge is -2.27. The molecule has 11 aromatic rings. The van der Waals surface area contributed by atoms with E-state index < -0.39 is 0 Å².